The summed E-state index contributed by atoms with van der Waals surface area (Å²) in [5.41, 5.74) is 0.231. The summed E-state index contributed by atoms with van der Waals surface area (Å²) in [6.07, 6.45) is -6.81. The molecule has 0 fully saturated rings. The van der Waals surface area contributed by atoms with Crippen LogP contribution >= 0.6 is 43.5 Å². The van der Waals surface area contributed by atoms with Gasteiger partial charge in [-0.3, -0.25) is 0 Å². The van der Waals surface area contributed by atoms with Gasteiger partial charge >= 0.3 is 17.4 Å². The van der Waals surface area contributed by atoms with Crippen LogP contribution < -0.4 is 0 Å². The SMILES string of the molecule is [O-][S+](c1cc(Br)[c]c(Br)c1Cc1cccc(Cl)c1)C(F)(F)C(F)(F)C(F)(F)F. The fourth-order valence-corrected chi connectivity index (χ4v) is 5.13. The zero-order valence-electron chi connectivity index (χ0n) is 13.2. The Morgan fingerprint density at radius 3 is 2.18 bits per heavy atom. The Bertz CT molecular complexity index is 877. The average Bonchev–Trinajstić information content (AvgIpc) is 2.55. The molecule has 0 aliphatic carbocycles. The summed E-state index contributed by atoms with van der Waals surface area (Å²) in [6, 6.07) is 9.37. The van der Waals surface area contributed by atoms with Crippen molar-refractivity contribution in [2.45, 2.75) is 28.7 Å². The van der Waals surface area contributed by atoms with Crippen LogP contribution in [-0.4, -0.2) is 21.9 Å². The Kier molecular flexibility index (Phi) is 7.08. The average molecular weight is 576 g/mol. The van der Waals surface area contributed by atoms with Crippen LogP contribution in [0.25, 0.3) is 0 Å². The van der Waals surface area contributed by atoms with E-state index in [0.29, 0.717) is 5.56 Å². The molecule has 1 unspecified atom stereocenters. The van der Waals surface area contributed by atoms with Gasteiger partial charge in [0.15, 0.2) is 4.90 Å². The maximum absolute atomic E-state index is 14.0. The maximum Gasteiger partial charge on any atom is 0.486 e. The lowest BCUT2D eigenvalue weighted by atomic mass is 10.1. The molecule has 153 valence electrons. The lowest BCUT2D eigenvalue weighted by Gasteiger charge is -2.29. The van der Waals surface area contributed by atoms with E-state index in [-0.39, 0.29) is 26.0 Å². The number of rotatable bonds is 5. The maximum atomic E-state index is 14.0. The summed E-state index contributed by atoms with van der Waals surface area (Å²) >= 11 is 7.66. The Hall–Kier alpha value is -0.490. The first-order chi connectivity index (χ1) is 12.7. The molecule has 2 aromatic rings. The summed E-state index contributed by atoms with van der Waals surface area (Å²) < 4.78 is 104. The van der Waals surface area contributed by atoms with Crippen molar-refractivity contribution in [3.8, 4) is 0 Å². The topological polar surface area (TPSA) is 23.1 Å². The quantitative estimate of drug-likeness (QED) is 0.274. The van der Waals surface area contributed by atoms with E-state index in [4.69, 9.17) is 11.6 Å². The molecule has 0 aromatic heterocycles. The zero-order valence-corrected chi connectivity index (χ0v) is 17.9. The van der Waals surface area contributed by atoms with E-state index in [0.717, 1.165) is 6.07 Å². The Balaban J connectivity index is 2.58. The highest BCUT2D eigenvalue weighted by molar-refractivity contribution is 9.11. The van der Waals surface area contributed by atoms with Crippen LogP contribution in [-0.2, 0) is 17.6 Å². The molecule has 2 rings (SSSR count). The van der Waals surface area contributed by atoms with Gasteiger partial charge in [0.1, 0.15) is 0 Å². The number of halogens is 10. The molecule has 12 heteroatoms. The third-order valence-electron chi connectivity index (χ3n) is 3.47. The molecule has 0 N–H and O–H groups in total. The van der Waals surface area contributed by atoms with Crippen LogP contribution in [0.15, 0.2) is 44.2 Å². The predicted molar refractivity (Wildman–Crippen MR) is 97.3 cm³/mol. The fraction of sp³-hybridized carbons (Fsp3) is 0.250. The van der Waals surface area contributed by atoms with Crippen LogP contribution in [0.5, 0.6) is 0 Å². The standard InChI is InChI=1S/C16H7Br2ClF7OS/c17-9-6-12(18)11(5-8-2-1-3-10(19)4-8)13(7-9)28(27)16(25,26)14(20,21)15(22,23)24/h1-4,7H,5H2. The van der Waals surface area contributed by atoms with Gasteiger partial charge < -0.3 is 4.55 Å². The first-order valence-corrected chi connectivity index (χ1v) is 10.2. The van der Waals surface area contributed by atoms with E-state index >= 15 is 0 Å². The molecule has 0 bridgehead atoms. The van der Waals surface area contributed by atoms with Crippen LogP contribution in [0.3, 0.4) is 0 Å². The molecule has 0 heterocycles. The van der Waals surface area contributed by atoms with Crippen molar-refractivity contribution in [1.82, 2.24) is 0 Å². The van der Waals surface area contributed by atoms with Gasteiger partial charge in [0, 0.05) is 38.1 Å². The van der Waals surface area contributed by atoms with Crippen molar-refractivity contribution in [2.24, 2.45) is 0 Å². The summed E-state index contributed by atoms with van der Waals surface area (Å²) in [5.74, 6) is -6.50. The van der Waals surface area contributed by atoms with Crippen molar-refractivity contribution in [1.29, 1.82) is 0 Å². The van der Waals surface area contributed by atoms with E-state index in [9.17, 15) is 35.3 Å². The lowest BCUT2D eigenvalue weighted by molar-refractivity contribution is -0.332. The number of benzene rings is 2. The van der Waals surface area contributed by atoms with Crippen molar-refractivity contribution >= 4 is 54.6 Å². The second-order valence-electron chi connectivity index (χ2n) is 5.44. The van der Waals surface area contributed by atoms with Crippen LogP contribution in [0.4, 0.5) is 30.7 Å². The predicted octanol–water partition coefficient (Wildman–Crippen LogP) is 7.15. The zero-order chi connectivity index (χ0) is 21.5. The van der Waals surface area contributed by atoms with Gasteiger partial charge in [0.05, 0.1) is 11.2 Å². The molecule has 0 amide bonds. The van der Waals surface area contributed by atoms with Gasteiger partial charge in [-0.2, -0.15) is 22.0 Å². The fourth-order valence-electron chi connectivity index (χ4n) is 2.13. The molecule has 0 saturated carbocycles. The van der Waals surface area contributed by atoms with Crippen LogP contribution in [0.2, 0.25) is 5.02 Å². The minimum atomic E-state index is -6.59. The normalized spacial score (nSPS) is 14.2. The molecular weight excluding hydrogens is 568 g/mol. The molecular formula is C16H7Br2ClF7OS. The largest absolute Gasteiger partial charge is 0.607 e. The van der Waals surface area contributed by atoms with Crippen molar-refractivity contribution in [2.75, 3.05) is 0 Å². The van der Waals surface area contributed by atoms with Gasteiger partial charge in [0.2, 0.25) is 0 Å². The van der Waals surface area contributed by atoms with Crippen molar-refractivity contribution in [3.05, 3.63) is 61.5 Å². The molecule has 28 heavy (non-hydrogen) atoms. The summed E-state index contributed by atoms with van der Waals surface area (Å²) in [6.45, 7) is 0. The second kappa shape index (κ2) is 8.33. The van der Waals surface area contributed by atoms with E-state index in [2.05, 4.69) is 37.9 Å². The van der Waals surface area contributed by atoms with Crippen LogP contribution in [0, 0.1) is 6.07 Å². The molecule has 1 nitrogen and oxygen atoms in total. The molecule has 0 aliphatic heterocycles. The number of hydrogen-bond acceptors (Lipinski definition) is 1. The molecule has 1 radical (unpaired) electrons. The summed E-state index contributed by atoms with van der Waals surface area (Å²) in [4.78, 5) is -0.897. The van der Waals surface area contributed by atoms with Gasteiger partial charge in [-0.05, 0) is 49.6 Å². The van der Waals surface area contributed by atoms with E-state index in [1.54, 1.807) is 0 Å². The van der Waals surface area contributed by atoms with Gasteiger partial charge in [0.25, 0.3) is 0 Å². The molecule has 0 saturated heterocycles. The third kappa shape index (κ3) is 4.63. The first-order valence-electron chi connectivity index (χ1n) is 7.07. The second-order valence-corrected chi connectivity index (χ2v) is 9.01. The molecule has 1 atom stereocenters. The smallest absolute Gasteiger partial charge is 0.486 e. The van der Waals surface area contributed by atoms with E-state index < -0.39 is 33.4 Å². The highest BCUT2D eigenvalue weighted by Gasteiger charge is 2.80. The van der Waals surface area contributed by atoms with Crippen molar-refractivity contribution in [3.63, 3.8) is 0 Å². The van der Waals surface area contributed by atoms with Crippen LogP contribution in [0.1, 0.15) is 11.1 Å². The number of hydrogen-bond donors (Lipinski definition) is 0. The monoisotopic (exact) mass is 573 g/mol. The molecule has 2 aromatic carbocycles. The lowest BCUT2D eigenvalue weighted by Crippen LogP contribution is -2.56. The van der Waals surface area contributed by atoms with Gasteiger partial charge in [-0.15, -0.1) is 8.78 Å². The Labute approximate surface area is 179 Å². The number of alkyl halides is 7. The molecule has 0 spiro atoms. The summed E-state index contributed by atoms with van der Waals surface area (Å²) in [5, 5.41) is -5.62. The van der Waals surface area contributed by atoms with Gasteiger partial charge in [-0.25, -0.2) is 0 Å². The minimum Gasteiger partial charge on any atom is -0.607 e. The molecule has 0 aliphatic rings. The van der Waals surface area contributed by atoms with E-state index in [1.807, 2.05) is 0 Å². The Morgan fingerprint density at radius 2 is 1.64 bits per heavy atom. The van der Waals surface area contributed by atoms with Crippen molar-refractivity contribution < 1.29 is 35.3 Å². The van der Waals surface area contributed by atoms with Gasteiger partial charge in [-0.1, -0.05) is 23.7 Å². The minimum absolute atomic E-state index is 0.0312. The highest BCUT2D eigenvalue weighted by Crippen LogP contribution is 2.51. The third-order valence-corrected chi connectivity index (χ3v) is 6.30. The highest BCUT2D eigenvalue weighted by atomic mass is 79.9. The Morgan fingerprint density at radius 1 is 1.04 bits per heavy atom. The summed E-state index contributed by atoms with van der Waals surface area (Å²) in [7, 11) is 0. The van der Waals surface area contributed by atoms with E-state index in [1.165, 1.54) is 24.3 Å². The first kappa shape index (κ1) is 23.8.